The van der Waals surface area contributed by atoms with Gasteiger partial charge in [-0.2, -0.15) is 0 Å². The smallest absolute Gasteiger partial charge is 0.230 e. The molecule has 0 fully saturated rings. The summed E-state index contributed by atoms with van der Waals surface area (Å²) in [5, 5.41) is 18.0. The van der Waals surface area contributed by atoms with Gasteiger partial charge < -0.3 is 70.1 Å². The molecule has 0 saturated heterocycles. The molecule has 15 heteroatoms. The highest BCUT2D eigenvalue weighted by Crippen LogP contribution is 2.14. The fourth-order valence-electron chi connectivity index (χ4n) is 1.55. The summed E-state index contributed by atoms with van der Waals surface area (Å²) in [6, 6.07) is 0. The molecule has 0 aliphatic heterocycles. The Balaban J connectivity index is -0.0000000420. The van der Waals surface area contributed by atoms with Crippen LogP contribution in [0.4, 0.5) is 0 Å². The molecule has 0 unspecified atom stereocenters. The fourth-order valence-corrected chi connectivity index (χ4v) is 1.55. The predicted octanol–water partition coefficient (Wildman–Crippen LogP) is -0.554. The first-order valence-electron chi connectivity index (χ1n) is 10.3. The highest BCUT2D eigenvalue weighted by Gasteiger charge is 2.11. The molecule has 15 nitrogen and oxygen atoms in total. The van der Waals surface area contributed by atoms with Crippen LogP contribution in [0.15, 0.2) is 24.7 Å². The van der Waals surface area contributed by atoms with Crippen LogP contribution in [-0.4, -0.2) is 59.3 Å². The van der Waals surface area contributed by atoms with E-state index in [1.165, 1.54) is 42.3 Å². The van der Waals surface area contributed by atoms with E-state index in [9.17, 15) is 14.7 Å². The van der Waals surface area contributed by atoms with E-state index in [0.29, 0.717) is 22.6 Å². The molecule has 2 aromatic rings. The maximum Gasteiger partial charge on any atom is 0.230 e. The van der Waals surface area contributed by atoms with Crippen molar-refractivity contribution in [3.8, 4) is 11.5 Å². The van der Waals surface area contributed by atoms with Crippen LogP contribution in [0.1, 0.15) is 35.8 Å². The van der Waals surface area contributed by atoms with Gasteiger partial charge in [0.25, 0.3) is 0 Å². The average Bonchev–Trinajstić information content (AvgIpc) is 2.98. The maximum absolute atomic E-state index is 11.2. The summed E-state index contributed by atoms with van der Waals surface area (Å²) in [4.78, 5) is 30.1. The Hall–Kier alpha value is -3.15. The Morgan fingerprint density at radius 3 is 1.32 bits per heavy atom. The van der Waals surface area contributed by atoms with Crippen molar-refractivity contribution in [3.63, 3.8) is 0 Å². The third-order valence-corrected chi connectivity index (χ3v) is 3.26. The number of aromatic hydroxyl groups is 2. The minimum Gasteiger partial charge on any atom is -0.502 e. The second-order valence-electron chi connectivity index (χ2n) is 4.72. The first-order chi connectivity index (χ1) is 17.2. The fraction of sp³-hybridized carbons (Fsp3) is 0.522. The molecule has 0 atom stereocenters. The molecule has 0 amide bonds. The van der Waals surface area contributed by atoms with Crippen LogP contribution in [0.2, 0.25) is 0 Å². The molecule has 0 aliphatic carbocycles. The van der Waals surface area contributed by atoms with E-state index in [1.807, 2.05) is 6.79 Å². The second kappa shape index (κ2) is 47.1. The monoisotopic (exact) mass is 558 g/mol. The van der Waals surface area contributed by atoms with E-state index in [0.717, 1.165) is 6.26 Å². The zero-order valence-corrected chi connectivity index (χ0v) is 24.2. The molecule has 0 aromatic carbocycles. The lowest BCUT2D eigenvalue weighted by atomic mass is 10.2. The highest BCUT2D eigenvalue weighted by atomic mass is 16.4. The highest BCUT2D eigenvalue weighted by molar-refractivity contribution is 5.30. The van der Waals surface area contributed by atoms with Crippen LogP contribution in [-0.2, 0) is 11.3 Å². The normalized spacial score (nSPS) is 6.87. The van der Waals surface area contributed by atoms with Crippen LogP contribution in [0.3, 0.4) is 0 Å². The van der Waals surface area contributed by atoms with Crippen molar-refractivity contribution in [1.29, 1.82) is 0 Å². The average molecular weight is 559 g/mol. The van der Waals surface area contributed by atoms with E-state index in [2.05, 4.69) is 34.4 Å². The molecule has 0 aliphatic rings. The molecular formula is C23H58N8O7. The van der Waals surface area contributed by atoms with Gasteiger partial charge in [-0.25, -0.2) is 0 Å². The molecule has 232 valence electrons. The molecule has 2 aromatic heterocycles. The van der Waals surface area contributed by atoms with Crippen molar-refractivity contribution in [2.45, 2.75) is 41.7 Å². The van der Waals surface area contributed by atoms with E-state index in [4.69, 9.17) is 24.5 Å². The van der Waals surface area contributed by atoms with Crippen molar-refractivity contribution in [1.82, 2.24) is 6.15 Å². The van der Waals surface area contributed by atoms with Gasteiger partial charge in [-0.15, -0.1) is 0 Å². The van der Waals surface area contributed by atoms with Gasteiger partial charge in [-0.3, -0.25) is 9.59 Å². The molecule has 0 radical (unpaired) electrons. The van der Waals surface area contributed by atoms with Crippen molar-refractivity contribution in [2.75, 3.05) is 42.3 Å². The predicted molar refractivity (Wildman–Crippen MR) is 160 cm³/mol. The molecule has 38 heavy (non-hydrogen) atoms. The minimum absolute atomic E-state index is 0. The third kappa shape index (κ3) is 25.9. The lowest BCUT2D eigenvalue weighted by molar-refractivity contribution is -0.0980. The summed E-state index contributed by atoms with van der Waals surface area (Å²) in [5.41, 5.74) is 32.4. The van der Waals surface area contributed by atoms with Crippen LogP contribution in [0.5, 0.6) is 11.5 Å². The number of hydrogen-bond donors (Lipinski definition) is 10. The van der Waals surface area contributed by atoms with Crippen molar-refractivity contribution in [2.24, 2.45) is 40.1 Å². The minimum atomic E-state index is -0.404. The maximum atomic E-state index is 11.2. The van der Waals surface area contributed by atoms with Gasteiger partial charge in [0, 0.05) is 11.1 Å². The Morgan fingerprint density at radius 1 is 0.711 bits per heavy atom. The SMILES string of the molecule is C.C=O.CN.CN.CN.CN.CN.CN.Cc1oc(CN)c(O)c(=O)c1C.Cc1occ(O)c(=O)c1C.N. The zero-order chi connectivity index (χ0) is 31.0. The Bertz CT molecular complexity index is 831. The lowest BCUT2D eigenvalue weighted by Gasteiger charge is -2.03. The van der Waals surface area contributed by atoms with Gasteiger partial charge in [0.1, 0.15) is 24.6 Å². The third-order valence-electron chi connectivity index (χ3n) is 3.26. The van der Waals surface area contributed by atoms with E-state index < -0.39 is 5.43 Å². The van der Waals surface area contributed by atoms with Crippen molar-refractivity contribution >= 4 is 6.79 Å². The number of carbonyl (C=O) groups excluding carboxylic acids is 1. The molecule has 0 bridgehead atoms. The lowest BCUT2D eigenvalue weighted by Crippen LogP contribution is -2.11. The number of aryl methyl sites for hydroxylation is 2. The molecule has 2 rings (SSSR count). The number of nitrogens with two attached hydrogens (primary N) is 7. The van der Waals surface area contributed by atoms with E-state index >= 15 is 0 Å². The Labute approximate surface area is 227 Å². The molecular weight excluding hydrogens is 500 g/mol. The van der Waals surface area contributed by atoms with Crippen LogP contribution < -0.4 is 57.1 Å². The molecule has 2 heterocycles. The number of rotatable bonds is 1. The Kier molecular flexibility index (Phi) is 74.1. The summed E-state index contributed by atoms with van der Waals surface area (Å²) in [6.45, 7) is 8.58. The topological polar surface area (TPSA) is 335 Å². The standard InChI is InChI=1S/C8H11NO3.C7H8O3.6CH5N.CH2O.CH4.H3N/c1-4-5(2)12-6(3-9)8(11)7(4)10;1-4-5(2)10-3-6(8)7(4)9;7*1-2;;/h11H,3,9H2,1-2H3;3,8H,1-2H3;6*2H2,1H3;1H2;1H4;1H3. The first kappa shape index (κ1) is 59.8. The van der Waals surface area contributed by atoms with Gasteiger partial charge in [0.15, 0.2) is 11.5 Å². The quantitative estimate of drug-likeness (QED) is 0.209. The van der Waals surface area contributed by atoms with E-state index in [-0.39, 0.29) is 42.8 Å². The molecule has 19 N–H and O–H groups in total. The molecule has 0 spiro atoms. The summed E-state index contributed by atoms with van der Waals surface area (Å²) in [7, 11) is 9.00. The van der Waals surface area contributed by atoms with Crippen LogP contribution >= 0.6 is 0 Å². The zero-order valence-electron chi connectivity index (χ0n) is 24.2. The summed E-state index contributed by atoms with van der Waals surface area (Å²) >= 11 is 0. The first-order valence-corrected chi connectivity index (χ1v) is 10.3. The number of hydrogen-bond acceptors (Lipinski definition) is 15. The Morgan fingerprint density at radius 2 is 1.03 bits per heavy atom. The van der Waals surface area contributed by atoms with Gasteiger partial charge in [0.2, 0.25) is 16.6 Å². The van der Waals surface area contributed by atoms with Crippen LogP contribution in [0.25, 0.3) is 0 Å². The van der Waals surface area contributed by atoms with Crippen LogP contribution in [0, 0.1) is 27.7 Å². The summed E-state index contributed by atoms with van der Waals surface area (Å²) < 4.78 is 9.91. The van der Waals surface area contributed by atoms with Crippen molar-refractivity contribution in [3.05, 3.63) is 55.1 Å². The second-order valence-corrected chi connectivity index (χ2v) is 4.72. The largest absolute Gasteiger partial charge is 0.502 e. The van der Waals surface area contributed by atoms with Gasteiger partial charge in [-0.1, -0.05) is 7.43 Å². The molecule has 0 saturated carbocycles. The van der Waals surface area contributed by atoms with Gasteiger partial charge in [-0.05, 0) is 70.0 Å². The number of carbonyl (C=O) groups is 1. The van der Waals surface area contributed by atoms with E-state index in [1.54, 1.807) is 27.7 Å². The summed E-state index contributed by atoms with van der Waals surface area (Å²) in [6.07, 6.45) is 1.05. The van der Waals surface area contributed by atoms with Gasteiger partial charge in [0.05, 0.1) is 6.54 Å². The van der Waals surface area contributed by atoms with Crippen molar-refractivity contribution < 1.29 is 23.8 Å². The summed E-state index contributed by atoms with van der Waals surface area (Å²) in [5.74, 6) is 0.479. The van der Waals surface area contributed by atoms with Gasteiger partial charge >= 0.3 is 0 Å².